The van der Waals surface area contributed by atoms with Gasteiger partial charge in [0.1, 0.15) is 11.5 Å². The molecule has 5 rings (SSSR count). The Balaban J connectivity index is 1.29. The minimum atomic E-state index is -1.17. The van der Waals surface area contributed by atoms with E-state index in [1.165, 1.54) is 0 Å². The van der Waals surface area contributed by atoms with Gasteiger partial charge in [-0.15, -0.1) is 0 Å². The van der Waals surface area contributed by atoms with Gasteiger partial charge in [-0.05, 0) is 98.5 Å². The summed E-state index contributed by atoms with van der Waals surface area (Å²) in [4.78, 5) is 53.5. The van der Waals surface area contributed by atoms with E-state index in [9.17, 15) is 19.2 Å². The Morgan fingerprint density at radius 2 is 0.862 bits per heavy atom. The van der Waals surface area contributed by atoms with Gasteiger partial charge in [-0.2, -0.15) is 0 Å². The number of nitrogens with one attached hydrogen (secondary N) is 2. The topological polar surface area (TPSA) is 129 Å². The summed E-state index contributed by atoms with van der Waals surface area (Å²) < 4.78 is 24.3. The molecule has 298 valence electrons. The van der Waals surface area contributed by atoms with Crippen molar-refractivity contribution in [3.05, 3.63) is 189 Å². The Bertz CT molecular complexity index is 2120. The van der Waals surface area contributed by atoms with Crippen LogP contribution in [0.1, 0.15) is 62.2 Å². The lowest BCUT2D eigenvalue weighted by atomic mass is 9.87. The molecule has 5 aromatic rings. The molecule has 2 atom stereocenters. The van der Waals surface area contributed by atoms with Crippen molar-refractivity contribution in [3.8, 4) is 11.5 Å². The molecule has 5 aromatic carbocycles. The zero-order valence-electron chi connectivity index (χ0n) is 32.3. The Kier molecular flexibility index (Phi) is 14.1. The van der Waals surface area contributed by atoms with Crippen LogP contribution in [0.3, 0.4) is 0 Å². The van der Waals surface area contributed by atoms with E-state index in [2.05, 4.69) is 55.7 Å². The minimum absolute atomic E-state index is 0.0834. The average molecular weight is 911 g/mol. The number of hydrogen-bond acceptors (Lipinski definition) is 8. The smallest absolute Gasteiger partial charge is 0.408 e. The molecule has 0 radical (unpaired) electrons. The number of halogens is 2. The highest BCUT2D eigenvalue weighted by atomic mass is 79.9. The minimum Gasteiger partial charge on any atom is -0.436 e. The summed E-state index contributed by atoms with van der Waals surface area (Å²) in [7, 11) is 0. The van der Waals surface area contributed by atoms with Crippen LogP contribution < -0.4 is 20.1 Å². The first-order valence-electron chi connectivity index (χ1n) is 18.0. The summed E-state index contributed by atoms with van der Waals surface area (Å²) >= 11 is 6.82. The molecule has 0 saturated carbocycles. The van der Waals surface area contributed by atoms with Gasteiger partial charge in [0, 0.05) is 8.95 Å². The van der Waals surface area contributed by atoms with Crippen molar-refractivity contribution < 1.29 is 38.1 Å². The van der Waals surface area contributed by atoms with E-state index in [4.69, 9.17) is 18.9 Å². The highest BCUT2D eigenvalue weighted by Gasteiger charge is 2.33. The Hall–Kier alpha value is -5.98. The molecule has 2 amide bonds. The van der Waals surface area contributed by atoms with Crippen LogP contribution in [-0.4, -0.2) is 24.1 Å². The summed E-state index contributed by atoms with van der Waals surface area (Å²) in [6.07, 6.45) is -3.97. The molecule has 0 fully saturated rings. The predicted octanol–water partition coefficient (Wildman–Crippen LogP) is 10.9. The highest BCUT2D eigenvalue weighted by molar-refractivity contribution is 9.10. The van der Waals surface area contributed by atoms with E-state index in [1.54, 1.807) is 143 Å². The van der Waals surface area contributed by atoms with Crippen molar-refractivity contribution in [1.29, 1.82) is 0 Å². The molecule has 2 unspecified atom stereocenters. The monoisotopic (exact) mass is 908 g/mol. The van der Waals surface area contributed by atoms with Crippen LogP contribution in [0.2, 0.25) is 0 Å². The van der Waals surface area contributed by atoms with Crippen LogP contribution in [0.4, 0.5) is 9.59 Å². The molecule has 0 saturated heterocycles. The third kappa shape index (κ3) is 11.5. The third-order valence-corrected chi connectivity index (χ3v) is 10.1. The first-order valence-corrected chi connectivity index (χ1v) is 19.6. The van der Waals surface area contributed by atoms with Gasteiger partial charge in [-0.3, -0.25) is 0 Å². The van der Waals surface area contributed by atoms with Gasteiger partial charge in [-0.1, -0.05) is 130 Å². The van der Waals surface area contributed by atoms with Crippen molar-refractivity contribution in [2.24, 2.45) is 0 Å². The molecular formula is C46H42Br2N2O8. The second-order valence-corrected chi connectivity index (χ2v) is 16.0. The van der Waals surface area contributed by atoms with E-state index in [-0.39, 0.29) is 11.1 Å². The van der Waals surface area contributed by atoms with Crippen molar-refractivity contribution in [2.75, 3.05) is 0 Å². The number of carbonyl (C=O) groups is 4. The van der Waals surface area contributed by atoms with Crippen LogP contribution in [0.5, 0.6) is 11.5 Å². The Labute approximate surface area is 354 Å². The van der Waals surface area contributed by atoms with Crippen LogP contribution in [-0.2, 0) is 30.1 Å². The lowest BCUT2D eigenvalue weighted by Crippen LogP contribution is -2.44. The van der Waals surface area contributed by atoms with E-state index in [1.807, 2.05) is 18.2 Å². The number of alkyl carbamates (subject to hydrolysis) is 2. The van der Waals surface area contributed by atoms with Crippen LogP contribution in [0, 0.1) is 0 Å². The molecule has 0 aliphatic rings. The zero-order chi connectivity index (χ0) is 42.0. The number of para-hydroxylation sites is 2. The second-order valence-electron chi connectivity index (χ2n) is 14.2. The molecule has 0 aliphatic heterocycles. The van der Waals surface area contributed by atoms with Gasteiger partial charge in [0.15, 0.2) is 12.2 Å². The van der Waals surface area contributed by atoms with Crippen LogP contribution in [0.15, 0.2) is 167 Å². The zero-order valence-corrected chi connectivity index (χ0v) is 35.5. The maximum atomic E-state index is 13.6. The molecule has 0 heterocycles. The molecule has 0 spiro atoms. The molecule has 10 nitrogen and oxygen atoms in total. The lowest BCUT2D eigenvalue weighted by molar-refractivity contribution is -0.132. The van der Waals surface area contributed by atoms with Gasteiger partial charge in [-0.25, -0.2) is 19.2 Å². The number of rotatable bonds is 14. The van der Waals surface area contributed by atoms with E-state index >= 15 is 0 Å². The number of amides is 2. The van der Waals surface area contributed by atoms with Crippen molar-refractivity contribution in [3.63, 3.8) is 0 Å². The Morgan fingerprint density at radius 3 is 1.21 bits per heavy atom. The highest BCUT2D eigenvalue weighted by Crippen LogP contribution is 2.32. The van der Waals surface area contributed by atoms with Crippen molar-refractivity contribution in [1.82, 2.24) is 10.6 Å². The summed E-state index contributed by atoms with van der Waals surface area (Å²) in [6.45, 7) is 15.0. The van der Waals surface area contributed by atoms with E-state index < -0.39 is 47.4 Å². The average Bonchev–Trinajstić information content (AvgIpc) is 3.19. The van der Waals surface area contributed by atoms with Crippen molar-refractivity contribution in [2.45, 2.75) is 51.0 Å². The normalized spacial score (nSPS) is 12.2. The van der Waals surface area contributed by atoms with Crippen LogP contribution >= 0.6 is 31.9 Å². The summed E-state index contributed by atoms with van der Waals surface area (Å²) in [5, 5.41) is 5.81. The summed E-state index contributed by atoms with van der Waals surface area (Å²) in [6, 6.07) is 38.2. The van der Waals surface area contributed by atoms with Gasteiger partial charge in [0.2, 0.25) is 0 Å². The fourth-order valence-corrected chi connectivity index (χ4v) is 6.25. The van der Waals surface area contributed by atoms with Gasteiger partial charge < -0.3 is 29.6 Å². The quantitative estimate of drug-likeness (QED) is 0.0640. The molecular weight excluding hydrogens is 868 g/mol. The number of carbonyl (C=O) groups excluding carboxylic acids is 4. The fraction of sp³-hybridized carbons (Fsp3) is 0.174. The largest absolute Gasteiger partial charge is 0.436 e. The summed E-state index contributed by atoms with van der Waals surface area (Å²) in [5.41, 5.74) is 0.181. The third-order valence-electron chi connectivity index (χ3n) is 9.00. The van der Waals surface area contributed by atoms with E-state index in [0.29, 0.717) is 33.8 Å². The second kappa shape index (κ2) is 19.0. The van der Waals surface area contributed by atoms with Crippen molar-refractivity contribution >= 4 is 56.0 Å². The van der Waals surface area contributed by atoms with Gasteiger partial charge in [0.05, 0.1) is 22.2 Å². The molecule has 0 aliphatic carbocycles. The molecule has 2 N–H and O–H groups in total. The standard InChI is InChI=1S/C46H42Br2N2O8/c1-29(41(51)55-37-16-9-7-10-17-37)39(31-20-24-35(47)25-21-31)57-43(53)49-45(3,4)33-14-13-15-34(28-33)46(5,6)50-44(54)58-40(32-22-26-36(48)27-23-32)30(2)42(52)56-38-18-11-8-12-19-38/h7-28,39-40H,1-2H2,3-6H3,(H,49,53)(H,50,54). The molecule has 58 heavy (non-hydrogen) atoms. The first kappa shape index (κ1) is 43.1. The number of ether oxygens (including phenoxy) is 4. The number of hydrogen-bond donors (Lipinski definition) is 2. The van der Waals surface area contributed by atoms with Crippen LogP contribution in [0.25, 0.3) is 0 Å². The number of benzene rings is 5. The van der Waals surface area contributed by atoms with Gasteiger partial charge >= 0.3 is 24.1 Å². The maximum Gasteiger partial charge on any atom is 0.408 e. The molecule has 0 bridgehead atoms. The fourth-order valence-electron chi connectivity index (χ4n) is 5.72. The summed E-state index contributed by atoms with van der Waals surface area (Å²) in [5.74, 6) is -0.881. The van der Waals surface area contributed by atoms with E-state index in [0.717, 1.165) is 8.95 Å². The predicted molar refractivity (Wildman–Crippen MR) is 228 cm³/mol. The lowest BCUT2D eigenvalue weighted by Gasteiger charge is -2.32. The Morgan fingerprint density at radius 1 is 0.517 bits per heavy atom. The molecule has 12 heteroatoms. The molecule has 0 aromatic heterocycles. The maximum absolute atomic E-state index is 13.6. The van der Waals surface area contributed by atoms with Gasteiger partial charge in [0.25, 0.3) is 0 Å². The SMILES string of the molecule is C=C(C(=O)Oc1ccccc1)C(OC(=O)NC(C)(C)c1cccc(C(C)(C)NC(=O)OC(C(=C)C(=O)Oc2ccccc2)c2ccc(Br)cc2)c1)c1ccc(Br)cc1. The number of esters is 2. The first-order chi connectivity index (χ1) is 27.5.